The first-order chi connectivity index (χ1) is 17.9. The Labute approximate surface area is 218 Å². The monoisotopic (exact) mass is 508 g/mol. The number of carbonyl (C=O) groups is 2. The van der Waals surface area contributed by atoms with Crippen LogP contribution in [0.4, 0.5) is 0 Å². The number of nitrogens with one attached hydrogen (secondary N) is 1. The molecule has 2 aromatic carbocycles. The van der Waals surface area contributed by atoms with Crippen LogP contribution in [-0.2, 0) is 25.5 Å². The van der Waals surface area contributed by atoms with Gasteiger partial charge in [-0.2, -0.15) is 0 Å². The third-order valence-corrected chi connectivity index (χ3v) is 7.26. The summed E-state index contributed by atoms with van der Waals surface area (Å²) in [5.74, 6) is -0.521. The molecule has 1 amide bonds. The molecule has 198 valence electrons. The van der Waals surface area contributed by atoms with Gasteiger partial charge in [-0.3, -0.25) is 4.79 Å². The molecule has 0 aliphatic carbocycles. The first kappa shape index (κ1) is 26.9. The SMILES string of the molecule is CCN(CC)CCNC(=O)C1=C(C(=O)OC)C2(C(Cc3ccccc3)Oc3ccccc3)OC1CC2O. The number of benzene rings is 2. The number of aliphatic hydroxyl groups excluding tert-OH is 1. The van der Waals surface area contributed by atoms with Crippen molar-refractivity contribution in [3.63, 3.8) is 0 Å². The fourth-order valence-corrected chi connectivity index (χ4v) is 5.33. The lowest BCUT2D eigenvalue weighted by atomic mass is 9.74. The zero-order chi connectivity index (χ0) is 26.4. The molecule has 2 aliphatic heterocycles. The third-order valence-electron chi connectivity index (χ3n) is 7.26. The van der Waals surface area contributed by atoms with Crippen molar-refractivity contribution in [2.24, 2.45) is 0 Å². The van der Waals surface area contributed by atoms with E-state index >= 15 is 0 Å². The highest BCUT2D eigenvalue weighted by molar-refractivity contribution is 6.06. The molecule has 0 spiro atoms. The lowest BCUT2D eigenvalue weighted by Crippen LogP contribution is -2.56. The number of carbonyl (C=O) groups excluding carboxylic acids is 2. The van der Waals surface area contributed by atoms with E-state index < -0.39 is 29.9 Å². The van der Waals surface area contributed by atoms with E-state index in [1.54, 1.807) is 0 Å². The second kappa shape index (κ2) is 11.9. The summed E-state index contributed by atoms with van der Waals surface area (Å²) >= 11 is 0. The van der Waals surface area contributed by atoms with E-state index in [0.29, 0.717) is 25.3 Å². The van der Waals surface area contributed by atoms with Crippen LogP contribution in [0, 0.1) is 0 Å². The highest BCUT2D eigenvalue weighted by atomic mass is 16.6. The van der Waals surface area contributed by atoms with E-state index in [4.69, 9.17) is 14.2 Å². The van der Waals surface area contributed by atoms with E-state index in [-0.39, 0.29) is 23.5 Å². The fraction of sp³-hybridized carbons (Fsp3) is 0.448. The Morgan fingerprint density at radius 1 is 1.11 bits per heavy atom. The molecule has 2 N–H and O–H groups in total. The number of ether oxygens (including phenoxy) is 3. The molecular weight excluding hydrogens is 472 g/mol. The van der Waals surface area contributed by atoms with Gasteiger partial charge < -0.3 is 29.5 Å². The van der Waals surface area contributed by atoms with Crippen molar-refractivity contribution in [2.75, 3.05) is 33.3 Å². The van der Waals surface area contributed by atoms with Crippen LogP contribution >= 0.6 is 0 Å². The molecule has 8 nitrogen and oxygen atoms in total. The molecule has 0 radical (unpaired) electrons. The number of nitrogens with zero attached hydrogens (tertiary/aromatic N) is 1. The summed E-state index contributed by atoms with van der Waals surface area (Å²) in [6.07, 6.45) is -2.07. The first-order valence-corrected chi connectivity index (χ1v) is 12.9. The average molecular weight is 509 g/mol. The molecule has 1 saturated heterocycles. The summed E-state index contributed by atoms with van der Waals surface area (Å²) in [4.78, 5) is 28.8. The van der Waals surface area contributed by atoms with Gasteiger partial charge in [0.25, 0.3) is 5.91 Å². The molecule has 8 heteroatoms. The number of para-hydroxylation sites is 1. The van der Waals surface area contributed by atoms with Gasteiger partial charge in [-0.1, -0.05) is 62.4 Å². The van der Waals surface area contributed by atoms with Gasteiger partial charge in [0.05, 0.1) is 30.5 Å². The first-order valence-electron chi connectivity index (χ1n) is 12.9. The summed E-state index contributed by atoms with van der Waals surface area (Å²) in [6.45, 7) is 7.00. The zero-order valence-electron chi connectivity index (χ0n) is 21.7. The molecule has 2 heterocycles. The van der Waals surface area contributed by atoms with Crippen LogP contribution in [0.15, 0.2) is 71.8 Å². The Balaban J connectivity index is 1.73. The van der Waals surface area contributed by atoms with Crippen molar-refractivity contribution in [3.05, 3.63) is 77.4 Å². The maximum absolute atomic E-state index is 13.4. The number of rotatable bonds is 12. The molecule has 37 heavy (non-hydrogen) atoms. The highest BCUT2D eigenvalue weighted by Crippen LogP contribution is 2.51. The van der Waals surface area contributed by atoms with Crippen molar-refractivity contribution in [2.45, 2.75) is 50.6 Å². The Hall–Kier alpha value is -3.20. The van der Waals surface area contributed by atoms with Crippen LogP contribution in [0.1, 0.15) is 25.8 Å². The minimum Gasteiger partial charge on any atom is -0.487 e. The van der Waals surface area contributed by atoms with E-state index in [1.807, 2.05) is 60.7 Å². The predicted octanol–water partition coefficient (Wildman–Crippen LogP) is 2.51. The fourth-order valence-electron chi connectivity index (χ4n) is 5.33. The number of hydrogen-bond donors (Lipinski definition) is 2. The van der Waals surface area contributed by atoms with Crippen LogP contribution in [0.5, 0.6) is 5.75 Å². The van der Waals surface area contributed by atoms with E-state index in [9.17, 15) is 14.7 Å². The van der Waals surface area contributed by atoms with E-state index in [1.165, 1.54) is 7.11 Å². The van der Waals surface area contributed by atoms with Crippen molar-refractivity contribution >= 4 is 11.9 Å². The van der Waals surface area contributed by atoms with Crippen molar-refractivity contribution < 1.29 is 28.9 Å². The summed E-state index contributed by atoms with van der Waals surface area (Å²) in [6, 6.07) is 18.9. The Morgan fingerprint density at radius 2 is 1.76 bits per heavy atom. The van der Waals surface area contributed by atoms with E-state index in [0.717, 1.165) is 18.7 Å². The maximum atomic E-state index is 13.4. The van der Waals surface area contributed by atoms with Gasteiger partial charge in [0, 0.05) is 25.9 Å². The van der Waals surface area contributed by atoms with E-state index in [2.05, 4.69) is 24.1 Å². The quantitative estimate of drug-likeness (QED) is 0.425. The van der Waals surface area contributed by atoms with Gasteiger partial charge in [-0.15, -0.1) is 0 Å². The molecule has 2 aromatic rings. The molecule has 0 aromatic heterocycles. The second-order valence-corrected chi connectivity index (χ2v) is 9.32. The number of aliphatic hydroxyl groups is 1. The van der Waals surface area contributed by atoms with Gasteiger partial charge >= 0.3 is 5.97 Å². The topological polar surface area (TPSA) is 97.3 Å². The highest BCUT2D eigenvalue weighted by Gasteiger charge is 2.66. The average Bonchev–Trinajstić information content (AvgIpc) is 3.44. The van der Waals surface area contributed by atoms with Crippen molar-refractivity contribution in [3.8, 4) is 5.75 Å². The zero-order valence-corrected chi connectivity index (χ0v) is 21.7. The smallest absolute Gasteiger partial charge is 0.337 e. The summed E-state index contributed by atoms with van der Waals surface area (Å²) in [7, 11) is 1.27. The molecule has 4 atom stereocenters. The summed E-state index contributed by atoms with van der Waals surface area (Å²) in [5.41, 5.74) is -0.365. The number of esters is 1. The minimum absolute atomic E-state index is 0.0379. The van der Waals surface area contributed by atoms with Crippen molar-refractivity contribution in [1.82, 2.24) is 10.2 Å². The molecule has 1 fully saturated rings. The van der Waals surface area contributed by atoms with Gasteiger partial charge in [0.1, 0.15) is 11.9 Å². The van der Waals surface area contributed by atoms with Crippen LogP contribution in [0.2, 0.25) is 0 Å². The van der Waals surface area contributed by atoms with Gasteiger partial charge in [-0.25, -0.2) is 4.79 Å². The molecule has 4 rings (SSSR count). The molecule has 4 unspecified atom stereocenters. The van der Waals surface area contributed by atoms with Crippen LogP contribution in [0.25, 0.3) is 0 Å². The lowest BCUT2D eigenvalue weighted by molar-refractivity contribution is -0.145. The van der Waals surface area contributed by atoms with Gasteiger partial charge in [-0.05, 0) is 30.8 Å². The van der Waals surface area contributed by atoms with Crippen LogP contribution in [-0.4, -0.2) is 79.1 Å². The van der Waals surface area contributed by atoms with Gasteiger partial charge in [0.2, 0.25) is 0 Å². The predicted molar refractivity (Wildman–Crippen MR) is 139 cm³/mol. The number of likely N-dealkylation sites (N-methyl/N-ethyl adjacent to an activating group) is 1. The maximum Gasteiger partial charge on any atom is 0.337 e. The second-order valence-electron chi connectivity index (χ2n) is 9.32. The normalized spacial score (nSPS) is 23.3. The Bertz CT molecular complexity index is 1060. The standard InChI is InChI=1S/C29H36N2O6/c1-4-31(5-2)17-16-30-27(33)25-22-19-23(32)29(37-22,26(25)28(34)35-3)24(18-20-12-8-6-9-13-20)36-21-14-10-7-11-15-21/h6-15,22-24,32H,4-5,16-19H2,1-3H3,(H,30,33). The number of hydrogen-bond acceptors (Lipinski definition) is 7. The molecule has 2 bridgehead atoms. The van der Waals surface area contributed by atoms with Crippen LogP contribution < -0.4 is 10.1 Å². The minimum atomic E-state index is -1.56. The Kier molecular flexibility index (Phi) is 8.63. The molecule has 0 saturated carbocycles. The van der Waals surface area contributed by atoms with Crippen molar-refractivity contribution in [1.29, 1.82) is 0 Å². The third kappa shape index (κ3) is 5.42. The summed E-state index contributed by atoms with van der Waals surface area (Å²) in [5, 5.41) is 14.3. The largest absolute Gasteiger partial charge is 0.487 e. The number of methoxy groups -OCH3 is 1. The van der Waals surface area contributed by atoms with Gasteiger partial charge in [0.15, 0.2) is 5.60 Å². The number of amides is 1. The molecule has 2 aliphatic rings. The molecular formula is C29H36N2O6. The van der Waals surface area contributed by atoms with Crippen LogP contribution in [0.3, 0.4) is 0 Å². The number of fused-ring (bicyclic) bond motifs is 2. The summed E-state index contributed by atoms with van der Waals surface area (Å²) < 4.78 is 18.0. The lowest BCUT2D eigenvalue weighted by Gasteiger charge is -2.38. The Morgan fingerprint density at radius 3 is 2.38 bits per heavy atom.